The molecule has 28 heavy (non-hydrogen) atoms. The Morgan fingerprint density at radius 2 is 2.00 bits per heavy atom. The third-order valence-corrected chi connectivity index (χ3v) is 6.42. The standard InChI is InChI=1S/C22H28BrNO4/c1-2-3-11-28-20(27)13-24-18-12-16(19(26)14-25)9-10-17(18)21(22(24)23)15-7-5-4-6-8-15/h9-10,12,15,25H,2-8,11,13-14H2,1H3. The van der Waals surface area contributed by atoms with Gasteiger partial charge in [0, 0.05) is 10.9 Å². The van der Waals surface area contributed by atoms with E-state index in [-0.39, 0.29) is 18.3 Å². The molecular weight excluding hydrogens is 422 g/mol. The second kappa shape index (κ2) is 9.70. The van der Waals surface area contributed by atoms with Crippen molar-refractivity contribution in [3.63, 3.8) is 0 Å². The lowest BCUT2D eigenvalue weighted by Gasteiger charge is -2.22. The summed E-state index contributed by atoms with van der Waals surface area (Å²) in [6.45, 7) is 2.06. The SMILES string of the molecule is CCCCOC(=O)Cn1c(Br)c(C2CCCCC2)c2ccc(C(=O)CO)cc21. The van der Waals surface area contributed by atoms with Crippen LogP contribution in [0.25, 0.3) is 10.9 Å². The van der Waals surface area contributed by atoms with Crippen molar-refractivity contribution in [1.29, 1.82) is 0 Å². The molecule has 1 aliphatic carbocycles. The van der Waals surface area contributed by atoms with E-state index in [1.165, 1.54) is 24.8 Å². The van der Waals surface area contributed by atoms with Crippen LogP contribution in [-0.2, 0) is 16.1 Å². The van der Waals surface area contributed by atoms with E-state index >= 15 is 0 Å². The summed E-state index contributed by atoms with van der Waals surface area (Å²) in [7, 11) is 0. The maximum Gasteiger partial charge on any atom is 0.325 e. The highest BCUT2D eigenvalue weighted by atomic mass is 79.9. The van der Waals surface area contributed by atoms with E-state index in [9.17, 15) is 14.7 Å². The van der Waals surface area contributed by atoms with Crippen LogP contribution in [0, 0.1) is 0 Å². The molecule has 0 saturated heterocycles. The summed E-state index contributed by atoms with van der Waals surface area (Å²) in [4.78, 5) is 24.4. The summed E-state index contributed by atoms with van der Waals surface area (Å²) in [5.41, 5.74) is 2.51. The number of nitrogens with zero attached hydrogens (tertiary/aromatic N) is 1. The van der Waals surface area contributed by atoms with Gasteiger partial charge in [0.25, 0.3) is 0 Å². The second-order valence-corrected chi connectivity index (χ2v) is 8.26. The molecule has 1 heterocycles. The van der Waals surface area contributed by atoms with Crippen LogP contribution in [0.4, 0.5) is 0 Å². The lowest BCUT2D eigenvalue weighted by atomic mass is 9.84. The summed E-state index contributed by atoms with van der Waals surface area (Å²) in [6.07, 6.45) is 7.79. The van der Waals surface area contributed by atoms with Crippen LogP contribution in [0.5, 0.6) is 0 Å². The number of Topliss-reactive ketones (excluding diaryl/α,β-unsaturated/α-hetero) is 1. The Bertz CT molecular complexity index is 852. The maximum absolute atomic E-state index is 12.4. The monoisotopic (exact) mass is 449 g/mol. The number of carbonyl (C=O) groups is 2. The molecule has 1 aromatic carbocycles. The molecule has 1 aliphatic rings. The third-order valence-electron chi connectivity index (χ3n) is 5.57. The van der Waals surface area contributed by atoms with Crippen LogP contribution in [0.15, 0.2) is 22.8 Å². The molecule has 0 bridgehead atoms. The smallest absolute Gasteiger partial charge is 0.325 e. The molecule has 0 spiro atoms. The quantitative estimate of drug-likeness (QED) is 0.350. The first-order valence-corrected chi connectivity index (χ1v) is 11.0. The first-order chi connectivity index (χ1) is 13.6. The van der Waals surface area contributed by atoms with Crippen LogP contribution in [0.3, 0.4) is 0 Å². The van der Waals surface area contributed by atoms with Gasteiger partial charge in [0.15, 0.2) is 5.78 Å². The van der Waals surface area contributed by atoms with Gasteiger partial charge in [-0.1, -0.05) is 44.7 Å². The minimum absolute atomic E-state index is 0.101. The lowest BCUT2D eigenvalue weighted by molar-refractivity contribution is -0.144. The highest BCUT2D eigenvalue weighted by Crippen LogP contribution is 2.42. The lowest BCUT2D eigenvalue weighted by Crippen LogP contribution is -2.15. The van der Waals surface area contributed by atoms with Gasteiger partial charge in [0.05, 0.1) is 16.7 Å². The molecular formula is C22H28BrNO4. The molecule has 1 fully saturated rings. The Kier molecular flexibility index (Phi) is 7.30. The van der Waals surface area contributed by atoms with Crippen LogP contribution >= 0.6 is 15.9 Å². The molecule has 0 radical (unpaired) electrons. The number of unbranched alkanes of at least 4 members (excludes halogenated alkanes) is 1. The van der Waals surface area contributed by atoms with Crippen LogP contribution in [-0.4, -0.2) is 34.6 Å². The Labute approximate surface area is 174 Å². The van der Waals surface area contributed by atoms with E-state index in [1.54, 1.807) is 12.1 Å². The Morgan fingerprint density at radius 1 is 1.25 bits per heavy atom. The van der Waals surface area contributed by atoms with Gasteiger partial charge in [0.2, 0.25) is 0 Å². The Hall–Kier alpha value is -1.66. The maximum atomic E-state index is 12.4. The number of esters is 1. The summed E-state index contributed by atoms with van der Waals surface area (Å²) < 4.78 is 8.16. The van der Waals surface area contributed by atoms with Crippen molar-refractivity contribution >= 4 is 38.6 Å². The van der Waals surface area contributed by atoms with Gasteiger partial charge in [0.1, 0.15) is 13.2 Å². The van der Waals surface area contributed by atoms with E-state index in [0.717, 1.165) is 41.2 Å². The molecule has 0 amide bonds. The van der Waals surface area contributed by atoms with Gasteiger partial charge in [-0.25, -0.2) is 0 Å². The van der Waals surface area contributed by atoms with Crippen molar-refractivity contribution in [2.45, 2.75) is 64.3 Å². The molecule has 1 aromatic heterocycles. The molecule has 1 N–H and O–H groups in total. The number of aromatic nitrogens is 1. The fraction of sp³-hybridized carbons (Fsp3) is 0.545. The summed E-state index contributed by atoms with van der Waals surface area (Å²) in [5.74, 6) is -0.155. The van der Waals surface area contributed by atoms with Crippen LogP contribution < -0.4 is 0 Å². The van der Waals surface area contributed by atoms with Crippen LogP contribution in [0.2, 0.25) is 0 Å². The van der Waals surface area contributed by atoms with Crippen molar-refractivity contribution < 1.29 is 19.4 Å². The number of benzene rings is 1. The average Bonchev–Trinajstić information content (AvgIpc) is 2.99. The Morgan fingerprint density at radius 3 is 2.68 bits per heavy atom. The van der Waals surface area contributed by atoms with Gasteiger partial charge < -0.3 is 14.4 Å². The normalized spacial score (nSPS) is 15.1. The molecule has 6 heteroatoms. The molecule has 0 atom stereocenters. The van der Waals surface area contributed by atoms with Gasteiger partial charge in [-0.05, 0) is 52.7 Å². The fourth-order valence-corrected chi connectivity index (χ4v) is 4.90. The first kappa shape index (κ1) is 21.1. The summed E-state index contributed by atoms with van der Waals surface area (Å²) >= 11 is 3.74. The van der Waals surface area contributed by atoms with Crippen molar-refractivity contribution in [3.05, 3.63) is 33.9 Å². The number of carbonyl (C=O) groups excluding carboxylic acids is 2. The zero-order valence-electron chi connectivity index (χ0n) is 16.4. The van der Waals surface area contributed by atoms with Gasteiger partial charge >= 0.3 is 5.97 Å². The van der Waals surface area contributed by atoms with E-state index in [2.05, 4.69) is 22.9 Å². The molecule has 0 unspecified atom stereocenters. The van der Waals surface area contributed by atoms with Crippen molar-refractivity contribution in [2.24, 2.45) is 0 Å². The fourth-order valence-electron chi connectivity index (χ4n) is 4.05. The molecule has 3 rings (SSSR count). The van der Waals surface area contributed by atoms with Gasteiger partial charge in [-0.3, -0.25) is 9.59 Å². The first-order valence-electron chi connectivity index (χ1n) is 10.2. The molecule has 1 saturated carbocycles. The second-order valence-electron chi connectivity index (χ2n) is 7.51. The molecule has 5 nitrogen and oxygen atoms in total. The minimum Gasteiger partial charge on any atom is -0.464 e. The number of rotatable bonds is 8. The number of hydrogen-bond donors (Lipinski definition) is 1. The average molecular weight is 450 g/mol. The Balaban J connectivity index is 2.02. The number of fused-ring (bicyclic) bond motifs is 1. The van der Waals surface area contributed by atoms with Crippen molar-refractivity contribution in [1.82, 2.24) is 4.57 Å². The summed E-state index contributed by atoms with van der Waals surface area (Å²) in [6, 6.07) is 5.50. The number of halogens is 1. The van der Waals surface area contributed by atoms with E-state index < -0.39 is 6.61 Å². The number of aliphatic hydroxyl groups excluding tert-OH is 1. The minimum atomic E-state index is -0.526. The predicted molar refractivity (Wildman–Crippen MR) is 113 cm³/mol. The number of aliphatic hydroxyl groups is 1. The van der Waals surface area contributed by atoms with Gasteiger partial charge in [-0.15, -0.1) is 0 Å². The van der Waals surface area contributed by atoms with E-state index in [0.29, 0.717) is 18.1 Å². The molecule has 2 aromatic rings. The highest BCUT2D eigenvalue weighted by Gasteiger charge is 2.26. The van der Waals surface area contributed by atoms with E-state index in [4.69, 9.17) is 4.74 Å². The zero-order valence-corrected chi connectivity index (χ0v) is 18.0. The number of ether oxygens (including phenoxy) is 1. The van der Waals surface area contributed by atoms with Gasteiger partial charge in [-0.2, -0.15) is 0 Å². The topological polar surface area (TPSA) is 68.5 Å². The number of ketones is 1. The molecule has 0 aliphatic heterocycles. The number of hydrogen-bond acceptors (Lipinski definition) is 4. The van der Waals surface area contributed by atoms with Crippen molar-refractivity contribution in [2.75, 3.05) is 13.2 Å². The largest absolute Gasteiger partial charge is 0.464 e. The summed E-state index contributed by atoms with van der Waals surface area (Å²) in [5, 5.41) is 10.3. The molecule has 152 valence electrons. The zero-order chi connectivity index (χ0) is 20.1. The highest BCUT2D eigenvalue weighted by molar-refractivity contribution is 9.10. The predicted octanol–water partition coefficient (Wildman–Crippen LogP) is 4.97. The van der Waals surface area contributed by atoms with Crippen molar-refractivity contribution in [3.8, 4) is 0 Å². The van der Waals surface area contributed by atoms with E-state index in [1.807, 2.05) is 10.6 Å². The van der Waals surface area contributed by atoms with Crippen LogP contribution in [0.1, 0.15) is 73.7 Å². The third kappa shape index (κ3) is 4.49.